The fourth-order valence-corrected chi connectivity index (χ4v) is 5.52. The number of nitrogens with two attached hydrogens (primary N) is 1. The summed E-state index contributed by atoms with van der Waals surface area (Å²) >= 11 is 0. The second-order valence-electron chi connectivity index (χ2n) is 7.23. The number of aliphatic imine (C=N–C) groups is 1. The molecule has 1 aromatic heterocycles. The molecule has 0 spiro atoms. The van der Waals surface area contributed by atoms with Gasteiger partial charge in [-0.25, -0.2) is 31.5 Å². The fraction of sp³-hybridized carbons (Fsp3) is 0.316. The first-order valence-electron chi connectivity index (χ1n) is 9.29. The van der Waals surface area contributed by atoms with Crippen molar-refractivity contribution in [2.24, 2.45) is 10.7 Å². The van der Waals surface area contributed by atoms with Crippen molar-refractivity contribution in [2.45, 2.75) is 17.2 Å². The second kappa shape index (κ2) is 7.54. The summed E-state index contributed by atoms with van der Waals surface area (Å²) < 4.78 is 60.2. The van der Waals surface area contributed by atoms with Crippen LogP contribution >= 0.6 is 0 Å². The van der Waals surface area contributed by atoms with Gasteiger partial charge in [0.15, 0.2) is 0 Å². The van der Waals surface area contributed by atoms with Crippen LogP contribution in [-0.2, 0) is 20.3 Å². The first-order chi connectivity index (χ1) is 14.6. The van der Waals surface area contributed by atoms with E-state index in [9.17, 15) is 22.0 Å². The summed E-state index contributed by atoms with van der Waals surface area (Å²) in [7, 11) is -2.69. The van der Waals surface area contributed by atoms with Crippen LogP contribution in [0, 0.1) is 11.6 Å². The first-order valence-corrected chi connectivity index (χ1v) is 10.8. The van der Waals surface area contributed by atoms with E-state index < -0.39 is 38.4 Å². The Kier molecular flexibility index (Phi) is 5.13. The van der Waals surface area contributed by atoms with E-state index in [0.29, 0.717) is 0 Å². The van der Waals surface area contributed by atoms with E-state index >= 15 is 0 Å². The number of halogens is 2. The molecule has 0 bridgehead atoms. The quantitative estimate of drug-likeness (QED) is 0.722. The zero-order chi connectivity index (χ0) is 22.4. The minimum absolute atomic E-state index is 0.0229. The van der Waals surface area contributed by atoms with Gasteiger partial charge in [0.25, 0.3) is 5.91 Å². The summed E-state index contributed by atoms with van der Waals surface area (Å²) in [4.78, 5) is 20.5. The van der Waals surface area contributed by atoms with Gasteiger partial charge in [-0.2, -0.15) is 0 Å². The molecule has 0 aliphatic carbocycles. The lowest BCUT2D eigenvalue weighted by Gasteiger charge is -2.45. The van der Waals surface area contributed by atoms with Crippen LogP contribution in [0.3, 0.4) is 0 Å². The molecule has 2 unspecified atom stereocenters. The minimum atomic E-state index is -3.96. The molecular formula is C19H19F2N5O4S. The van der Waals surface area contributed by atoms with Gasteiger partial charge in [-0.15, -0.1) is 0 Å². The zero-order valence-electron chi connectivity index (χ0n) is 16.4. The molecule has 1 fully saturated rings. The van der Waals surface area contributed by atoms with Gasteiger partial charge in [0.1, 0.15) is 28.1 Å². The standard InChI is InChI=1S/C19H19F2N5O4S/c1-26-18(22)25-19(6-7-30-10-16(19)31(26,28)29)13-8-12(3-4-14(13)21)24-17(27)15-5-2-11(20)9-23-15/h2-5,8-9,16H,6-7,10H2,1H3,(H2,22,25)(H,24,27). The van der Waals surface area contributed by atoms with Crippen LogP contribution in [0.1, 0.15) is 22.5 Å². The number of nitrogens with zero attached hydrogens (tertiary/aromatic N) is 3. The number of nitrogens with one attached hydrogen (secondary N) is 1. The normalized spacial score (nSPS) is 24.8. The van der Waals surface area contributed by atoms with Crippen molar-refractivity contribution < 1.29 is 26.7 Å². The molecule has 2 aromatic rings. The van der Waals surface area contributed by atoms with Crippen LogP contribution in [0.4, 0.5) is 14.5 Å². The molecule has 3 N–H and O–H groups in total. The molecule has 2 aliphatic rings. The van der Waals surface area contributed by atoms with Gasteiger partial charge in [-0.05, 0) is 30.3 Å². The second-order valence-corrected chi connectivity index (χ2v) is 9.38. The zero-order valence-corrected chi connectivity index (χ0v) is 17.2. The molecule has 164 valence electrons. The van der Waals surface area contributed by atoms with Crippen molar-refractivity contribution in [3.63, 3.8) is 0 Å². The summed E-state index contributed by atoms with van der Waals surface area (Å²) in [6.45, 7) is -0.0268. The van der Waals surface area contributed by atoms with Crippen molar-refractivity contribution in [1.29, 1.82) is 0 Å². The van der Waals surface area contributed by atoms with Crippen molar-refractivity contribution in [2.75, 3.05) is 25.6 Å². The average molecular weight is 451 g/mol. The van der Waals surface area contributed by atoms with Crippen molar-refractivity contribution in [3.05, 3.63) is 59.4 Å². The maximum absolute atomic E-state index is 15.0. The van der Waals surface area contributed by atoms with Gasteiger partial charge in [-0.1, -0.05) is 0 Å². The van der Waals surface area contributed by atoms with Gasteiger partial charge in [0.05, 0.1) is 12.8 Å². The Hall–Kier alpha value is -3.12. The predicted molar refractivity (Wildman–Crippen MR) is 108 cm³/mol. The predicted octanol–water partition coefficient (Wildman–Crippen LogP) is 1.19. The Morgan fingerprint density at radius 1 is 1.32 bits per heavy atom. The van der Waals surface area contributed by atoms with Crippen LogP contribution in [0.15, 0.2) is 41.5 Å². The number of anilines is 1. The number of benzene rings is 1. The topological polar surface area (TPSA) is 127 Å². The van der Waals surface area contributed by atoms with Crippen LogP contribution < -0.4 is 11.1 Å². The molecule has 1 amide bonds. The molecule has 1 saturated heterocycles. The Morgan fingerprint density at radius 3 is 2.81 bits per heavy atom. The van der Waals surface area contributed by atoms with E-state index in [1.54, 1.807) is 0 Å². The highest BCUT2D eigenvalue weighted by atomic mass is 32.2. The SMILES string of the molecule is CN1C(N)=NC2(c3cc(NC(=O)c4ccc(F)cn4)ccc3F)CCOCC2S1(=O)=O. The monoisotopic (exact) mass is 451 g/mol. The fourth-order valence-electron chi connectivity index (χ4n) is 3.78. The Balaban J connectivity index is 1.77. The van der Waals surface area contributed by atoms with Crippen molar-refractivity contribution in [1.82, 2.24) is 9.29 Å². The number of pyridine rings is 1. The molecule has 4 rings (SSSR count). The van der Waals surface area contributed by atoms with Gasteiger partial charge in [0, 0.05) is 31.3 Å². The third-order valence-electron chi connectivity index (χ3n) is 5.46. The van der Waals surface area contributed by atoms with Crippen LogP contribution in [0.2, 0.25) is 0 Å². The number of hydrogen-bond acceptors (Lipinski definition) is 7. The summed E-state index contributed by atoms with van der Waals surface area (Å²) in [6.07, 6.45) is 0.983. The third kappa shape index (κ3) is 3.51. The van der Waals surface area contributed by atoms with E-state index in [1.165, 1.54) is 25.2 Å². The largest absolute Gasteiger partial charge is 0.380 e. The number of aromatic nitrogens is 1. The van der Waals surface area contributed by atoms with Crippen molar-refractivity contribution in [3.8, 4) is 0 Å². The molecular weight excluding hydrogens is 432 g/mol. The molecule has 31 heavy (non-hydrogen) atoms. The highest BCUT2D eigenvalue weighted by molar-refractivity contribution is 7.90. The Labute approximate surface area is 177 Å². The number of sulfonamides is 1. The lowest BCUT2D eigenvalue weighted by atomic mass is 9.82. The number of guanidine groups is 1. The number of amides is 1. The van der Waals surface area contributed by atoms with Gasteiger partial charge >= 0.3 is 0 Å². The van der Waals surface area contributed by atoms with Crippen LogP contribution in [-0.4, -0.2) is 55.1 Å². The van der Waals surface area contributed by atoms with E-state index in [0.717, 1.165) is 22.6 Å². The highest BCUT2D eigenvalue weighted by Crippen LogP contribution is 2.44. The third-order valence-corrected chi connectivity index (χ3v) is 7.65. The van der Waals surface area contributed by atoms with Crippen LogP contribution in [0.25, 0.3) is 0 Å². The van der Waals surface area contributed by atoms with Crippen LogP contribution in [0.5, 0.6) is 0 Å². The van der Waals surface area contributed by atoms with Crippen molar-refractivity contribution >= 4 is 27.6 Å². The highest BCUT2D eigenvalue weighted by Gasteiger charge is 2.55. The van der Waals surface area contributed by atoms with Gasteiger partial charge in [-0.3, -0.25) is 4.79 Å². The molecule has 2 atom stereocenters. The maximum Gasteiger partial charge on any atom is 0.274 e. The number of carbonyl (C=O) groups is 1. The minimum Gasteiger partial charge on any atom is -0.380 e. The number of carbonyl (C=O) groups excluding carboxylic acids is 1. The molecule has 12 heteroatoms. The van der Waals surface area contributed by atoms with E-state index in [4.69, 9.17) is 10.5 Å². The molecule has 2 aliphatic heterocycles. The summed E-state index contributed by atoms with van der Waals surface area (Å²) in [5.41, 5.74) is 4.48. The van der Waals surface area contributed by atoms with E-state index in [-0.39, 0.29) is 42.5 Å². The Bertz CT molecular complexity index is 1170. The molecule has 0 radical (unpaired) electrons. The van der Waals surface area contributed by atoms with Gasteiger partial charge in [0.2, 0.25) is 16.0 Å². The molecule has 1 aromatic carbocycles. The maximum atomic E-state index is 15.0. The molecule has 9 nitrogen and oxygen atoms in total. The van der Waals surface area contributed by atoms with Gasteiger partial charge < -0.3 is 15.8 Å². The van der Waals surface area contributed by atoms with E-state index in [2.05, 4.69) is 15.3 Å². The first kappa shape index (κ1) is 21.1. The smallest absolute Gasteiger partial charge is 0.274 e. The van der Waals surface area contributed by atoms with E-state index in [1.807, 2.05) is 0 Å². The summed E-state index contributed by atoms with van der Waals surface area (Å²) in [5, 5.41) is 1.37. The number of fused-ring (bicyclic) bond motifs is 1. The molecule has 3 heterocycles. The Morgan fingerprint density at radius 2 is 2.10 bits per heavy atom. The number of rotatable bonds is 3. The molecule has 0 saturated carbocycles. The lowest BCUT2D eigenvalue weighted by molar-refractivity contribution is 0.0521. The lowest BCUT2D eigenvalue weighted by Crippen LogP contribution is -2.61. The summed E-state index contributed by atoms with van der Waals surface area (Å²) in [5.74, 6) is -2.19. The number of ether oxygens (including phenoxy) is 1. The average Bonchev–Trinajstić information content (AvgIpc) is 2.74. The number of hydrogen-bond donors (Lipinski definition) is 2. The summed E-state index contributed by atoms with van der Waals surface area (Å²) in [6, 6.07) is 6.05.